The molecule has 0 saturated carbocycles. The summed E-state index contributed by atoms with van der Waals surface area (Å²) in [6, 6.07) is 2.30. The highest BCUT2D eigenvalue weighted by Gasteiger charge is 2.26. The first-order chi connectivity index (χ1) is 7.99. The minimum absolute atomic E-state index is 0.202. The molecule has 0 bridgehead atoms. The van der Waals surface area contributed by atoms with Gasteiger partial charge in [0.2, 0.25) is 0 Å². The Morgan fingerprint density at radius 1 is 1.41 bits per heavy atom. The van der Waals surface area contributed by atoms with Crippen LogP contribution in [0.5, 0.6) is 0 Å². The van der Waals surface area contributed by atoms with Gasteiger partial charge in [-0.2, -0.15) is 5.26 Å². The molecule has 0 radical (unpaired) electrons. The van der Waals surface area contributed by atoms with E-state index < -0.39 is 12.0 Å². The lowest BCUT2D eigenvalue weighted by molar-refractivity contribution is 0.0988. The number of halogens is 2. The summed E-state index contributed by atoms with van der Waals surface area (Å²) in [5.74, 6) is 0. The summed E-state index contributed by atoms with van der Waals surface area (Å²) in [6.45, 7) is 5.07. The van der Waals surface area contributed by atoms with Crippen LogP contribution in [0.4, 0.5) is 8.78 Å². The Hall–Kier alpha value is -0.730. The van der Waals surface area contributed by atoms with Crippen molar-refractivity contribution in [2.24, 2.45) is 0 Å². The van der Waals surface area contributed by atoms with Crippen molar-refractivity contribution in [2.45, 2.75) is 45.1 Å². The van der Waals surface area contributed by atoms with E-state index in [1.165, 1.54) is 0 Å². The monoisotopic (exact) mass is 247 g/mol. The first-order valence-electron chi connectivity index (χ1n) is 6.12. The lowest BCUT2D eigenvalue weighted by atomic mass is 9.92. The molecule has 0 amide bonds. The highest BCUT2D eigenvalue weighted by molar-refractivity contribution is 5.05. The summed E-state index contributed by atoms with van der Waals surface area (Å²) in [4.78, 5) is 1.61. The Bertz CT molecular complexity index is 240. The van der Waals surface area contributed by atoms with Gasteiger partial charge in [0.05, 0.1) is 12.6 Å². The van der Waals surface area contributed by atoms with Crippen molar-refractivity contribution in [1.29, 1.82) is 5.26 Å². The molecule has 5 heteroatoms. The smallest absolute Gasteiger partial charge is 0.251 e. The van der Waals surface area contributed by atoms with Gasteiger partial charge in [-0.25, -0.2) is 8.78 Å². The molecule has 1 atom stereocenters. The van der Waals surface area contributed by atoms with Gasteiger partial charge < -0.3 is 4.90 Å². The van der Waals surface area contributed by atoms with Crippen molar-refractivity contribution in [3.8, 4) is 6.07 Å². The van der Waals surface area contributed by atoms with Gasteiger partial charge in [0.15, 0.2) is 0 Å². The molecule has 3 nitrogen and oxygen atoms in total. The van der Waals surface area contributed by atoms with Crippen LogP contribution >= 0.6 is 0 Å². The summed E-state index contributed by atoms with van der Waals surface area (Å²) < 4.78 is 24.2. The third-order valence-corrected chi connectivity index (χ3v) is 2.93. The SMILES string of the molecule is CCNC(C#N)(CC)CCCN(C)CC(F)F. The summed E-state index contributed by atoms with van der Waals surface area (Å²) in [5.41, 5.74) is -0.500. The topological polar surface area (TPSA) is 39.1 Å². The van der Waals surface area contributed by atoms with E-state index in [1.807, 2.05) is 13.8 Å². The van der Waals surface area contributed by atoms with Crippen molar-refractivity contribution in [3.05, 3.63) is 0 Å². The molecule has 0 rings (SSSR count). The summed E-state index contributed by atoms with van der Waals surface area (Å²) >= 11 is 0. The fourth-order valence-electron chi connectivity index (χ4n) is 1.88. The standard InChI is InChI=1S/C12H23F2N3/c1-4-12(10-15,16-5-2)7-6-8-17(3)9-11(13)14/h11,16H,4-9H2,1-3H3. The van der Waals surface area contributed by atoms with E-state index in [4.69, 9.17) is 0 Å². The molecule has 0 aromatic rings. The van der Waals surface area contributed by atoms with Gasteiger partial charge in [-0.1, -0.05) is 13.8 Å². The molecule has 1 N–H and O–H groups in total. The molecule has 0 fully saturated rings. The molecule has 0 saturated heterocycles. The minimum atomic E-state index is -2.29. The zero-order valence-corrected chi connectivity index (χ0v) is 11.0. The normalized spacial score (nSPS) is 14.9. The lowest BCUT2D eigenvalue weighted by Gasteiger charge is -2.27. The molecule has 1 unspecified atom stereocenters. The Balaban J connectivity index is 4.02. The average Bonchev–Trinajstić information content (AvgIpc) is 2.27. The highest BCUT2D eigenvalue weighted by atomic mass is 19.3. The van der Waals surface area contributed by atoms with Crippen LogP contribution in [-0.2, 0) is 0 Å². The van der Waals surface area contributed by atoms with Crippen molar-refractivity contribution in [3.63, 3.8) is 0 Å². The average molecular weight is 247 g/mol. The Morgan fingerprint density at radius 3 is 2.47 bits per heavy atom. The largest absolute Gasteiger partial charge is 0.301 e. The first-order valence-corrected chi connectivity index (χ1v) is 6.12. The van der Waals surface area contributed by atoms with Crippen molar-refractivity contribution < 1.29 is 8.78 Å². The molecular formula is C12H23F2N3. The molecule has 0 spiro atoms. The molecule has 0 aliphatic rings. The van der Waals surface area contributed by atoms with E-state index >= 15 is 0 Å². The second-order valence-electron chi connectivity index (χ2n) is 4.33. The van der Waals surface area contributed by atoms with E-state index in [-0.39, 0.29) is 6.54 Å². The third kappa shape index (κ3) is 6.54. The van der Waals surface area contributed by atoms with Gasteiger partial charge in [-0.3, -0.25) is 5.32 Å². The molecular weight excluding hydrogens is 224 g/mol. The fourth-order valence-corrected chi connectivity index (χ4v) is 1.88. The van der Waals surface area contributed by atoms with Gasteiger partial charge in [-0.05, 0) is 39.4 Å². The van der Waals surface area contributed by atoms with Crippen LogP contribution in [0.2, 0.25) is 0 Å². The van der Waals surface area contributed by atoms with Gasteiger partial charge in [-0.15, -0.1) is 0 Å². The predicted molar refractivity (Wildman–Crippen MR) is 65.0 cm³/mol. The van der Waals surface area contributed by atoms with E-state index in [1.54, 1.807) is 11.9 Å². The minimum Gasteiger partial charge on any atom is -0.301 e. The van der Waals surface area contributed by atoms with Crippen LogP contribution in [0.15, 0.2) is 0 Å². The molecule has 100 valence electrons. The van der Waals surface area contributed by atoms with Gasteiger partial charge in [0.25, 0.3) is 6.43 Å². The summed E-state index contributed by atoms with van der Waals surface area (Å²) in [5, 5.41) is 12.4. The second-order valence-corrected chi connectivity index (χ2v) is 4.33. The molecule has 0 aromatic heterocycles. The van der Waals surface area contributed by atoms with Crippen molar-refractivity contribution in [2.75, 3.05) is 26.7 Å². The molecule has 17 heavy (non-hydrogen) atoms. The molecule has 0 heterocycles. The van der Waals surface area contributed by atoms with E-state index in [2.05, 4.69) is 11.4 Å². The lowest BCUT2D eigenvalue weighted by Crippen LogP contribution is -2.43. The quantitative estimate of drug-likeness (QED) is 0.679. The summed E-state index contributed by atoms with van der Waals surface area (Å²) in [6.07, 6.45) is -0.116. The maximum atomic E-state index is 12.1. The molecule has 0 aromatic carbocycles. The van der Waals surface area contributed by atoms with Crippen LogP contribution in [0, 0.1) is 11.3 Å². The Morgan fingerprint density at radius 2 is 2.06 bits per heavy atom. The van der Waals surface area contributed by atoms with E-state index in [9.17, 15) is 14.0 Å². The number of nitrogens with zero attached hydrogens (tertiary/aromatic N) is 2. The Labute approximate surface area is 103 Å². The number of nitrogens with one attached hydrogen (secondary N) is 1. The van der Waals surface area contributed by atoms with Crippen LogP contribution < -0.4 is 5.32 Å². The molecule has 0 aliphatic carbocycles. The zero-order valence-electron chi connectivity index (χ0n) is 11.0. The number of nitriles is 1. The number of hydrogen-bond donors (Lipinski definition) is 1. The van der Waals surface area contributed by atoms with Crippen molar-refractivity contribution >= 4 is 0 Å². The van der Waals surface area contributed by atoms with Crippen molar-refractivity contribution in [1.82, 2.24) is 10.2 Å². The van der Waals surface area contributed by atoms with Crippen LogP contribution in [-0.4, -0.2) is 43.5 Å². The van der Waals surface area contributed by atoms with Gasteiger partial charge in [0, 0.05) is 0 Å². The zero-order chi connectivity index (χ0) is 13.3. The maximum absolute atomic E-state index is 12.1. The van der Waals surface area contributed by atoms with E-state index in [0.29, 0.717) is 13.0 Å². The fraction of sp³-hybridized carbons (Fsp3) is 0.917. The number of alkyl halides is 2. The van der Waals surface area contributed by atoms with Gasteiger partial charge >= 0.3 is 0 Å². The number of rotatable bonds is 9. The van der Waals surface area contributed by atoms with Crippen LogP contribution in [0.3, 0.4) is 0 Å². The third-order valence-electron chi connectivity index (χ3n) is 2.93. The van der Waals surface area contributed by atoms with Crippen LogP contribution in [0.25, 0.3) is 0 Å². The van der Waals surface area contributed by atoms with Crippen LogP contribution in [0.1, 0.15) is 33.1 Å². The van der Waals surface area contributed by atoms with E-state index in [0.717, 1.165) is 19.4 Å². The maximum Gasteiger partial charge on any atom is 0.251 e. The first kappa shape index (κ1) is 16.3. The summed E-state index contributed by atoms with van der Waals surface area (Å²) in [7, 11) is 1.68. The second kappa shape index (κ2) is 8.37. The molecule has 0 aliphatic heterocycles. The predicted octanol–water partition coefficient (Wildman–Crippen LogP) is 2.25. The van der Waals surface area contributed by atoms with Gasteiger partial charge in [0.1, 0.15) is 5.54 Å². The Kier molecular flexibility index (Phi) is 8.01. The number of hydrogen-bond acceptors (Lipinski definition) is 3. The highest BCUT2D eigenvalue weighted by Crippen LogP contribution is 2.16.